The summed E-state index contributed by atoms with van der Waals surface area (Å²) in [4.78, 5) is 0. The molecule has 1 aliphatic carbocycles. The van der Waals surface area contributed by atoms with E-state index in [4.69, 9.17) is 0 Å². The van der Waals surface area contributed by atoms with Gasteiger partial charge in [0.1, 0.15) is 0 Å². The molecule has 0 N–H and O–H groups in total. The molecule has 1 aliphatic rings. The fourth-order valence-electron chi connectivity index (χ4n) is 7.17. The number of benzene rings is 4. The van der Waals surface area contributed by atoms with Crippen LogP contribution in [0.25, 0.3) is 11.1 Å². The molecule has 5 aromatic carbocycles. The molecule has 6 rings (SSSR count). The molecule has 306 valence electrons. The van der Waals surface area contributed by atoms with Crippen LogP contribution in [0.2, 0.25) is 0 Å². The van der Waals surface area contributed by atoms with Crippen molar-refractivity contribution in [3.05, 3.63) is 158 Å². The summed E-state index contributed by atoms with van der Waals surface area (Å²) in [5.41, 5.74) is 19.3. The molecule has 0 spiro atoms. The first-order valence-corrected chi connectivity index (χ1v) is 21.7. The van der Waals surface area contributed by atoms with Crippen LogP contribution in [0.15, 0.2) is 91.0 Å². The van der Waals surface area contributed by atoms with Gasteiger partial charge in [0.25, 0.3) is 0 Å². The van der Waals surface area contributed by atoms with E-state index in [1.165, 1.54) is 99.8 Å². The van der Waals surface area contributed by atoms with Gasteiger partial charge in [-0.05, 0) is 28.4 Å². The van der Waals surface area contributed by atoms with Crippen LogP contribution in [0, 0.1) is 13.0 Å². The van der Waals surface area contributed by atoms with Gasteiger partial charge in [0.2, 0.25) is 0 Å². The van der Waals surface area contributed by atoms with Gasteiger partial charge in [-0.2, -0.15) is 46.5 Å². The minimum atomic E-state index is 0. The molecule has 0 aromatic heterocycles. The molecular weight excluding hydrogens is 811 g/mol. The Kier molecular flexibility index (Phi) is 17.2. The summed E-state index contributed by atoms with van der Waals surface area (Å²) >= 11 is 1.46. The molecule has 0 unspecified atom stereocenters. The number of halogens is 2. The van der Waals surface area contributed by atoms with E-state index in [1.54, 1.807) is 0 Å². The second-order valence-electron chi connectivity index (χ2n) is 20.9. The molecule has 3 heteroatoms. The Bertz CT molecular complexity index is 1950. The maximum absolute atomic E-state index is 3.67. The van der Waals surface area contributed by atoms with Crippen molar-refractivity contribution in [3.8, 4) is 11.1 Å². The third-order valence-corrected chi connectivity index (χ3v) is 12.3. The largest absolute Gasteiger partial charge is 1.00 e. The number of hydrogen-bond donors (Lipinski definition) is 0. The van der Waals surface area contributed by atoms with Gasteiger partial charge in [-0.25, -0.2) is 6.07 Å². The maximum atomic E-state index is 3.67. The summed E-state index contributed by atoms with van der Waals surface area (Å²) in [6.45, 7) is 38.4. The van der Waals surface area contributed by atoms with Crippen LogP contribution < -0.4 is 24.8 Å². The van der Waals surface area contributed by atoms with E-state index < -0.39 is 0 Å². The number of rotatable bonds is 3. The average molecular weight is 881 g/mol. The van der Waals surface area contributed by atoms with Gasteiger partial charge in [-0.3, -0.25) is 0 Å². The number of fused-ring (bicyclic) bond motifs is 3. The molecule has 0 amide bonds. The van der Waals surface area contributed by atoms with Gasteiger partial charge in [0, 0.05) is 0 Å². The van der Waals surface area contributed by atoms with E-state index in [-0.39, 0.29) is 46.5 Å². The minimum Gasteiger partial charge on any atom is -1.00 e. The van der Waals surface area contributed by atoms with Crippen molar-refractivity contribution < 1.29 is 49.0 Å². The van der Waals surface area contributed by atoms with Gasteiger partial charge in [-0.15, -0.1) is 11.1 Å². The Morgan fingerprint density at radius 3 is 1.39 bits per heavy atom. The zero-order valence-electron chi connectivity index (χ0n) is 38.3. The number of aryl methyl sites for hydroxylation is 2. The molecule has 0 nitrogen and oxygen atoms in total. The van der Waals surface area contributed by atoms with E-state index in [0.717, 1.165) is 12.8 Å². The Labute approximate surface area is 376 Å². The molecule has 57 heavy (non-hydrogen) atoms. The van der Waals surface area contributed by atoms with Crippen LogP contribution in [0.3, 0.4) is 0 Å². The predicted molar refractivity (Wildman–Crippen MR) is 239 cm³/mol. The van der Waals surface area contributed by atoms with Crippen LogP contribution in [-0.4, -0.2) is 3.21 Å². The summed E-state index contributed by atoms with van der Waals surface area (Å²) in [6, 6.07) is 37.9. The summed E-state index contributed by atoms with van der Waals surface area (Å²) < 4.78 is 1.42. The molecule has 0 saturated heterocycles. The van der Waals surface area contributed by atoms with Gasteiger partial charge in [0.15, 0.2) is 0 Å². The Morgan fingerprint density at radius 1 is 0.561 bits per heavy atom. The van der Waals surface area contributed by atoms with Crippen molar-refractivity contribution in [1.29, 1.82) is 0 Å². The monoisotopic (exact) mass is 878 g/mol. The van der Waals surface area contributed by atoms with Crippen molar-refractivity contribution in [3.63, 3.8) is 0 Å². The molecule has 5 aromatic rings. The third-order valence-electron chi connectivity index (χ3n) is 10.9. The average Bonchev–Trinajstić information content (AvgIpc) is 3.66. The van der Waals surface area contributed by atoms with E-state index >= 15 is 0 Å². The van der Waals surface area contributed by atoms with E-state index in [0.29, 0.717) is 5.41 Å². The first-order chi connectivity index (χ1) is 25.2. The molecule has 0 atom stereocenters. The molecule has 0 saturated carbocycles. The molecule has 0 fully saturated rings. The van der Waals surface area contributed by atoms with Crippen molar-refractivity contribution in [1.82, 2.24) is 0 Å². The molecular formula is C54H70Cl2Zr-2. The second kappa shape index (κ2) is 19.3. The summed E-state index contributed by atoms with van der Waals surface area (Å²) in [5, 5.41) is 0. The zero-order valence-corrected chi connectivity index (χ0v) is 42.3. The number of hydrogen-bond acceptors (Lipinski definition) is 0. The van der Waals surface area contributed by atoms with Crippen LogP contribution in [-0.2, 0) is 64.2 Å². The zero-order chi connectivity index (χ0) is 41.3. The van der Waals surface area contributed by atoms with Crippen LogP contribution >= 0.6 is 0 Å². The summed E-state index contributed by atoms with van der Waals surface area (Å²) in [6.07, 6.45) is 2.18. The van der Waals surface area contributed by atoms with Gasteiger partial charge >= 0.3 is 151 Å². The minimum absolute atomic E-state index is 0. The van der Waals surface area contributed by atoms with E-state index in [9.17, 15) is 0 Å². The molecule has 0 aliphatic heterocycles. The molecule has 0 heterocycles. The van der Waals surface area contributed by atoms with Gasteiger partial charge in [-0.1, -0.05) is 112 Å². The predicted octanol–water partition coefficient (Wildman–Crippen LogP) is 8.63. The SMILES string of the molecule is CC(C)(C)c1[c-]c2c(cc1)-c1ccc(C(C)(C)C)cc1C2.CC(C)(C)c1ccc([C](=[Zr+2])c2ccc(C(C)(C)C)cc2)cc1.CCc1[cH-]c(C)cc1C(C)(C)C.[Cl-].[Cl-]. The summed E-state index contributed by atoms with van der Waals surface area (Å²) in [7, 11) is 0. The topological polar surface area (TPSA) is 0 Å². The van der Waals surface area contributed by atoms with Crippen molar-refractivity contribution in [2.75, 3.05) is 0 Å². The fourth-order valence-corrected chi connectivity index (χ4v) is 7.99. The first-order valence-electron chi connectivity index (χ1n) is 20.5. The molecule has 0 bridgehead atoms. The fraction of sp³-hybridized carbons (Fsp3) is 0.444. The van der Waals surface area contributed by atoms with Gasteiger partial charge < -0.3 is 24.8 Å². The smallest absolute Gasteiger partial charge is 0.0540 e. The van der Waals surface area contributed by atoms with Crippen molar-refractivity contribution in [2.24, 2.45) is 0 Å². The summed E-state index contributed by atoms with van der Waals surface area (Å²) in [5.74, 6) is 0. The van der Waals surface area contributed by atoms with Crippen LogP contribution in [0.1, 0.15) is 172 Å². The quantitative estimate of drug-likeness (QED) is 0.156. The van der Waals surface area contributed by atoms with Gasteiger partial charge in [0.05, 0.1) is 0 Å². The third kappa shape index (κ3) is 13.3. The van der Waals surface area contributed by atoms with Crippen LogP contribution in [0.5, 0.6) is 0 Å². The Morgan fingerprint density at radius 2 is 1.00 bits per heavy atom. The van der Waals surface area contributed by atoms with E-state index in [2.05, 4.69) is 215 Å². The Hall–Kier alpha value is -2.44. The van der Waals surface area contributed by atoms with Crippen molar-refractivity contribution in [2.45, 2.75) is 158 Å². The van der Waals surface area contributed by atoms with Crippen molar-refractivity contribution >= 4 is 3.21 Å². The second-order valence-corrected chi connectivity index (χ2v) is 22.1. The standard InChI is InChI=1S/C21H25.C21H26.C12H19.2ClH.Zr/c1-20(2,3)16-7-9-18-14(12-16)11-15-13-17(21(4,5)6)8-10-19(15)18;1-20(2,3)18-11-7-16(8-12-18)15-17-9-13-19(14-10-17)21(4,5)6;1-6-10-7-9(2)8-11(10)12(3,4)5;;;/h7-10,12H,11H2,1-6H3;7-14H,1-6H3;7-8H,6H2,1-5H3;2*1H;/q-1;;-1;;;+2/p-2. The first kappa shape index (κ1) is 50.7. The normalized spacial score (nSPS) is 12.5. The van der Waals surface area contributed by atoms with E-state index in [1.807, 2.05) is 0 Å². The van der Waals surface area contributed by atoms with Crippen LogP contribution in [0.4, 0.5) is 0 Å². The molecule has 0 radical (unpaired) electrons. The maximum Gasteiger partial charge on any atom is -0.0540 e. The Balaban J connectivity index is 0.000000302.